The molecule has 0 fully saturated rings. The van der Waals surface area contributed by atoms with Crippen LogP contribution in [0.1, 0.15) is 17.3 Å². The summed E-state index contributed by atoms with van der Waals surface area (Å²) in [5.41, 5.74) is 2.70. The quantitative estimate of drug-likeness (QED) is 0.539. The second kappa shape index (κ2) is 7.19. The minimum Gasteiger partial charge on any atom is -0.497 e. The number of carbonyl (C=O) groups is 1. The Morgan fingerprint density at radius 2 is 2.04 bits per heavy atom. The lowest BCUT2D eigenvalue weighted by Crippen LogP contribution is -2.13. The number of aromatic amines is 1. The molecule has 28 heavy (non-hydrogen) atoms. The Morgan fingerprint density at radius 3 is 2.79 bits per heavy atom. The average molecular weight is 378 g/mol. The van der Waals surface area contributed by atoms with E-state index in [9.17, 15) is 9.18 Å². The van der Waals surface area contributed by atoms with Gasteiger partial charge in [-0.05, 0) is 37.3 Å². The first kappa shape index (κ1) is 17.8. The highest BCUT2D eigenvalue weighted by molar-refractivity contribution is 6.04. The monoisotopic (exact) mass is 378 g/mol. The second-order valence-electron chi connectivity index (χ2n) is 6.30. The van der Waals surface area contributed by atoms with E-state index in [4.69, 9.17) is 4.74 Å². The molecule has 1 amide bonds. The summed E-state index contributed by atoms with van der Waals surface area (Å²) in [5.74, 6) is -0.00391. The Hall–Kier alpha value is -3.61. The van der Waals surface area contributed by atoms with Gasteiger partial charge in [-0.15, -0.1) is 0 Å². The molecule has 7 heteroatoms. The fourth-order valence-corrected chi connectivity index (χ4v) is 3.27. The van der Waals surface area contributed by atoms with Crippen molar-refractivity contribution < 1.29 is 13.9 Å². The maximum absolute atomic E-state index is 13.8. The number of nitrogens with one attached hydrogen (secondary N) is 2. The van der Waals surface area contributed by atoms with E-state index < -0.39 is 11.7 Å². The van der Waals surface area contributed by atoms with Gasteiger partial charge in [0.15, 0.2) is 5.82 Å². The minimum atomic E-state index is -0.573. The minimum absolute atomic E-state index is 0.0261. The van der Waals surface area contributed by atoms with Gasteiger partial charge in [-0.1, -0.05) is 12.1 Å². The Bertz CT molecular complexity index is 1160. The predicted octanol–water partition coefficient (Wildman–Crippen LogP) is 4.45. The molecule has 0 atom stereocenters. The van der Waals surface area contributed by atoms with Crippen molar-refractivity contribution in [2.24, 2.45) is 0 Å². The van der Waals surface area contributed by atoms with E-state index in [-0.39, 0.29) is 5.56 Å². The van der Waals surface area contributed by atoms with Crippen LogP contribution in [0.25, 0.3) is 22.3 Å². The van der Waals surface area contributed by atoms with E-state index in [2.05, 4.69) is 27.0 Å². The number of H-pyrrole nitrogens is 1. The highest BCUT2D eigenvalue weighted by Gasteiger charge is 2.16. The molecule has 0 aliphatic heterocycles. The van der Waals surface area contributed by atoms with E-state index in [0.717, 1.165) is 34.6 Å². The van der Waals surface area contributed by atoms with Crippen LogP contribution in [0.5, 0.6) is 5.75 Å². The first-order chi connectivity index (χ1) is 13.6. The van der Waals surface area contributed by atoms with Gasteiger partial charge >= 0.3 is 0 Å². The molecule has 4 aromatic rings. The molecule has 0 spiro atoms. The zero-order valence-corrected chi connectivity index (χ0v) is 15.5. The number of methoxy groups -OCH3 is 1. The normalized spacial score (nSPS) is 11.0. The van der Waals surface area contributed by atoms with Crippen LogP contribution in [0.15, 0.2) is 54.6 Å². The van der Waals surface area contributed by atoms with E-state index >= 15 is 0 Å². The van der Waals surface area contributed by atoms with Crippen molar-refractivity contribution in [1.82, 2.24) is 14.8 Å². The molecule has 4 rings (SSSR count). The van der Waals surface area contributed by atoms with Crippen molar-refractivity contribution in [3.8, 4) is 17.1 Å². The van der Waals surface area contributed by atoms with Crippen LogP contribution in [0.2, 0.25) is 0 Å². The van der Waals surface area contributed by atoms with Crippen molar-refractivity contribution in [1.29, 1.82) is 0 Å². The number of rotatable bonds is 5. The average Bonchev–Trinajstić information content (AvgIpc) is 3.31. The molecule has 6 nitrogen and oxygen atoms in total. The number of fused-ring (bicyclic) bond motifs is 1. The lowest BCUT2D eigenvalue weighted by atomic mass is 10.2. The number of benzene rings is 2. The van der Waals surface area contributed by atoms with Gasteiger partial charge in [-0.3, -0.25) is 9.89 Å². The molecular formula is C21H19FN4O2. The number of aromatic nitrogens is 3. The van der Waals surface area contributed by atoms with Gasteiger partial charge in [-0.25, -0.2) is 4.39 Å². The summed E-state index contributed by atoms with van der Waals surface area (Å²) in [5, 5.41) is 10.8. The summed E-state index contributed by atoms with van der Waals surface area (Å²) < 4.78 is 21.2. The third-order valence-corrected chi connectivity index (χ3v) is 4.64. The molecule has 0 saturated carbocycles. The molecule has 142 valence electrons. The van der Waals surface area contributed by atoms with E-state index in [1.54, 1.807) is 19.2 Å². The molecule has 0 aliphatic rings. The topological polar surface area (TPSA) is 71.9 Å². The summed E-state index contributed by atoms with van der Waals surface area (Å²) in [4.78, 5) is 12.3. The molecule has 0 bridgehead atoms. The summed E-state index contributed by atoms with van der Waals surface area (Å²) in [7, 11) is 1.64. The fraction of sp³-hybridized carbons (Fsp3) is 0.143. The fourth-order valence-electron chi connectivity index (χ4n) is 3.27. The first-order valence-electron chi connectivity index (χ1n) is 8.89. The van der Waals surface area contributed by atoms with Gasteiger partial charge < -0.3 is 14.6 Å². The number of ether oxygens (including phenoxy) is 1. The highest BCUT2D eigenvalue weighted by Crippen LogP contribution is 2.30. The number of amides is 1. The number of aryl methyl sites for hydroxylation is 1. The molecule has 2 aromatic heterocycles. The maximum atomic E-state index is 13.8. The number of hydrogen-bond acceptors (Lipinski definition) is 3. The summed E-state index contributed by atoms with van der Waals surface area (Å²) in [6, 6.07) is 15.5. The van der Waals surface area contributed by atoms with Gasteiger partial charge in [-0.2, -0.15) is 5.10 Å². The number of carbonyl (C=O) groups excluding carboxylic acids is 1. The standard InChI is InChI=1S/C21H19FN4O2/c1-3-26-18-11-14(28-2)9-8-13(18)10-19(26)17-12-20(25-24-17)23-21(27)15-6-4-5-7-16(15)22/h4-12H,3H2,1-2H3,(H2,23,24,25,27). The Balaban J connectivity index is 1.66. The van der Waals surface area contributed by atoms with E-state index in [0.29, 0.717) is 5.82 Å². The smallest absolute Gasteiger partial charge is 0.259 e. The summed E-state index contributed by atoms with van der Waals surface area (Å²) >= 11 is 0. The van der Waals surface area contributed by atoms with Gasteiger partial charge in [0.1, 0.15) is 11.6 Å². The van der Waals surface area contributed by atoms with Crippen LogP contribution in [0.4, 0.5) is 10.2 Å². The van der Waals surface area contributed by atoms with Crippen LogP contribution < -0.4 is 10.1 Å². The molecule has 0 aliphatic carbocycles. The first-order valence-corrected chi connectivity index (χ1v) is 8.89. The lowest BCUT2D eigenvalue weighted by Gasteiger charge is -2.07. The molecule has 2 aromatic carbocycles. The van der Waals surface area contributed by atoms with Crippen LogP contribution in [-0.4, -0.2) is 27.8 Å². The molecular weight excluding hydrogens is 359 g/mol. The summed E-state index contributed by atoms with van der Waals surface area (Å²) in [6.45, 7) is 2.81. The van der Waals surface area contributed by atoms with E-state index in [1.165, 1.54) is 18.2 Å². The van der Waals surface area contributed by atoms with Crippen molar-refractivity contribution >= 4 is 22.6 Å². The Labute approximate surface area is 160 Å². The van der Waals surface area contributed by atoms with Crippen molar-refractivity contribution in [3.05, 3.63) is 66.0 Å². The third kappa shape index (κ3) is 3.11. The zero-order valence-electron chi connectivity index (χ0n) is 15.5. The Kier molecular flexibility index (Phi) is 4.57. The zero-order chi connectivity index (χ0) is 19.7. The number of anilines is 1. The maximum Gasteiger partial charge on any atom is 0.259 e. The molecule has 2 N–H and O–H groups in total. The van der Waals surface area contributed by atoms with Crippen LogP contribution in [0, 0.1) is 5.82 Å². The van der Waals surface area contributed by atoms with Crippen molar-refractivity contribution in [3.63, 3.8) is 0 Å². The van der Waals surface area contributed by atoms with Crippen LogP contribution >= 0.6 is 0 Å². The number of hydrogen-bond donors (Lipinski definition) is 2. The van der Waals surface area contributed by atoms with Crippen molar-refractivity contribution in [2.75, 3.05) is 12.4 Å². The third-order valence-electron chi connectivity index (χ3n) is 4.64. The SMILES string of the molecule is CCn1c(-c2cc(NC(=O)c3ccccc3F)n[nH]2)cc2ccc(OC)cc21. The van der Waals surface area contributed by atoms with Crippen LogP contribution in [-0.2, 0) is 6.54 Å². The summed E-state index contributed by atoms with van der Waals surface area (Å²) in [6.07, 6.45) is 0. The number of nitrogens with zero attached hydrogens (tertiary/aromatic N) is 2. The largest absolute Gasteiger partial charge is 0.497 e. The Morgan fingerprint density at radius 1 is 1.21 bits per heavy atom. The molecule has 0 unspecified atom stereocenters. The van der Waals surface area contributed by atoms with Gasteiger partial charge in [0.2, 0.25) is 0 Å². The molecule has 0 radical (unpaired) electrons. The van der Waals surface area contributed by atoms with Gasteiger partial charge in [0.05, 0.1) is 29.6 Å². The molecule has 2 heterocycles. The predicted molar refractivity (Wildman–Crippen MR) is 106 cm³/mol. The van der Waals surface area contributed by atoms with Crippen LogP contribution in [0.3, 0.4) is 0 Å². The highest BCUT2D eigenvalue weighted by atomic mass is 19.1. The number of halogens is 1. The van der Waals surface area contributed by atoms with E-state index in [1.807, 2.05) is 24.3 Å². The second-order valence-corrected chi connectivity index (χ2v) is 6.30. The van der Waals surface area contributed by atoms with Gasteiger partial charge in [0, 0.05) is 24.1 Å². The molecule has 0 saturated heterocycles. The lowest BCUT2D eigenvalue weighted by molar-refractivity contribution is 0.102. The van der Waals surface area contributed by atoms with Crippen molar-refractivity contribution in [2.45, 2.75) is 13.5 Å². The van der Waals surface area contributed by atoms with Gasteiger partial charge in [0.25, 0.3) is 5.91 Å².